The zero-order valence-corrected chi connectivity index (χ0v) is 11.8. The van der Waals surface area contributed by atoms with Crippen LogP contribution < -0.4 is 14.8 Å². The molecule has 0 atom stereocenters. The monoisotopic (exact) mass is 285 g/mol. The van der Waals surface area contributed by atoms with Crippen molar-refractivity contribution < 1.29 is 17.9 Å². The molecule has 0 aliphatic carbocycles. The minimum atomic E-state index is -2.87. The molecule has 19 heavy (non-hydrogen) atoms. The summed E-state index contributed by atoms with van der Waals surface area (Å²) < 4.78 is 33.6. The maximum Gasteiger partial charge on any atom is 0.163 e. The van der Waals surface area contributed by atoms with Gasteiger partial charge in [0.05, 0.1) is 5.75 Å². The van der Waals surface area contributed by atoms with E-state index >= 15 is 0 Å². The average molecular weight is 285 g/mol. The highest BCUT2D eigenvalue weighted by Crippen LogP contribution is 2.32. The van der Waals surface area contributed by atoms with Gasteiger partial charge < -0.3 is 14.8 Å². The molecular formula is C13H19NO4S. The molecule has 106 valence electrons. The van der Waals surface area contributed by atoms with E-state index in [0.29, 0.717) is 26.2 Å². The predicted octanol–water partition coefficient (Wildman–Crippen LogP) is 1.69. The van der Waals surface area contributed by atoms with Gasteiger partial charge in [-0.15, -0.1) is 0 Å². The van der Waals surface area contributed by atoms with Crippen molar-refractivity contribution >= 4 is 15.5 Å². The molecule has 1 aromatic rings. The summed E-state index contributed by atoms with van der Waals surface area (Å²) in [5, 5.41) is 3.19. The van der Waals surface area contributed by atoms with Crippen molar-refractivity contribution in [2.45, 2.75) is 13.3 Å². The van der Waals surface area contributed by atoms with Crippen LogP contribution in [0.15, 0.2) is 18.2 Å². The smallest absolute Gasteiger partial charge is 0.163 e. The molecule has 2 rings (SSSR count). The highest BCUT2D eigenvalue weighted by molar-refractivity contribution is 7.91. The first-order valence-electron chi connectivity index (χ1n) is 6.44. The van der Waals surface area contributed by atoms with Crippen LogP contribution in [0.5, 0.6) is 11.5 Å². The van der Waals surface area contributed by atoms with Crippen LogP contribution in [0.3, 0.4) is 0 Å². The van der Waals surface area contributed by atoms with Crippen LogP contribution in [0.2, 0.25) is 0 Å². The summed E-state index contributed by atoms with van der Waals surface area (Å²) in [7, 11) is -2.87. The number of ether oxygens (including phenoxy) is 2. The second-order valence-corrected chi connectivity index (χ2v) is 6.85. The molecule has 1 aliphatic rings. The van der Waals surface area contributed by atoms with Crippen LogP contribution in [0, 0.1) is 0 Å². The maximum absolute atomic E-state index is 11.3. The van der Waals surface area contributed by atoms with Gasteiger partial charge in [-0.1, -0.05) is 6.92 Å². The Morgan fingerprint density at radius 1 is 1.21 bits per heavy atom. The van der Waals surface area contributed by atoms with Crippen molar-refractivity contribution in [3.8, 4) is 11.5 Å². The summed E-state index contributed by atoms with van der Waals surface area (Å²) in [6.45, 7) is 3.43. The Hall–Kier alpha value is -1.43. The van der Waals surface area contributed by atoms with Gasteiger partial charge in [-0.25, -0.2) is 8.42 Å². The molecular weight excluding hydrogens is 266 g/mol. The van der Waals surface area contributed by atoms with Crippen molar-refractivity contribution in [1.82, 2.24) is 0 Å². The molecule has 5 nitrogen and oxygen atoms in total. The van der Waals surface area contributed by atoms with Gasteiger partial charge >= 0.3 is 0 Å². The topological polar surface area (TPSA) is 64.6 Å². The molecule has 0 amide bonds. The lowest BCUT2D eigenvalue weighted by Crippen LogP contribution is -2.16. The van der Waals surface area contributed by atoms with Crippen LogP contribution in [-0.4, -0.2) is 39.7 Å². The number of rotatable bonds is 6. The van der Waals surface area contributed by atoms with E-state index in [4.69, 9.17) is 9.47 Å². The van der Waals surface area contributed by atoms with E-state index in [1.807, 2.05) is 18.2 Å². The van der Waals surface area contributed by atoms with Crippen molar-refractivity contribution in [3.63, 3.8) is 0 Å². The molecule has 1 N–H and O–H groups in total. The van der Waals surface area contributed by atoms with Crippen molar-refractivity contribution in [2.75, 3.05) is 36.6 Å². The van der Waals surface area contributed by atoms with Crippen LogP contribution in [0.1, 0.15) is 13.3 Å². The minimum absolute atomic E-state index is 0.205. The Morgan fingerprint density at radius 2 is 1.95 bits per heavy atom. The zero-order valence-electron chi connectivity index (χ0n) is 11.0. The third-order valence-corrected chi connectivity index (χ3v) is 4.73. The second kappa shape index (κ2) is 6.14. The van der Waals surface area contributed by atoms with E-state index < -0.39 is 9.84 Å². The molecule has 1 aliphatic heterocycles. The number of nitrogens with one attached hydrogen (secondary N) is 1. The quantitative estimate of drug-likeness (QED) is 0.806. The summed E-state index contributed by atoms with van der Waals surface area (Å²) in [5.41, 5.74) is 0.915. The van der Waals surface area contributed by atoms with E-state index in [9.17, 15) is 8.42 Å². The Bertz CT molecular complexity index is 527. The third kappa shape index (κ3) is 4.02. The minimum Gasteiger partial charge on any atom is -0.486 e. The lowest BCUT2D eigenvalue weighted by molar-refractivity contribution is 0.171. The molecule has 0 spiro atoms. The summed E-state index contributed by atoms with van der Waals surface area (Å²) in [6, 6.07) is 5.64. The number of anilines is 1. The van der Waals surface area contributed by atoms with Crippen molar-refractivity contribution in [2.24, 2.45) is 0 Å². The zero-order chi connectivity index (χ0) is 13.7. The molecule has 0 radical (unpaired) electrons. The Balaban J connectivity index is 1.83. The van der Waals surface area contributed by atoms with E-state index in [1.165, 1.54) is 0 Å². The Kier molecular flexibility index (Phi) is 4.52. The van der Waals surface area contributed by atoms with Crippen LogP contribution in [0.4, 0.5) is 5.69 Å². The average Bonchev–Trinajstić information content (AvgIpc) is 2.43. The van der Waals surface area contributed by atoms with Gasteiger partial charge in [0.25, 0.3) is 0 Å². The summed E-state index contributed by atoms with van der Waals surface area (Å²) in [6.07, 6.45) is 0.602. The molecule has 1 heterocycles. The van der Waals surface area contributed by atoms with Crippen molar-refractivity contribution in [3.05, 3.63) is 18.2 Å². The SMILES string of the molecule is CCS(=O)(=O)CCCNc1ccc2c(c1)OCCO2. The number of hydrogen-bond acceptors (Lipinski definition) is 5. The van der Waals surface area contributed by atoms with Gasteiger partial charge in [-0.05, 0) is 18.6 Å². The van der Waals surface area contributed by atoms with E-state index in [-0.39, 0.29) is 11.5 Å². The highest BCUT2D eigenvalue weighted by Gasteiger charge is 2.11. The molecule has 0 saturated carbocycles. The number of fused-ring (bicyclic) bond motifs is 1. The van der Waals surface area contributed by atoms with Gasteiger partial charge in [-0.3, -0.25) is 0 Å². The van der Waals surface area contributed by atoms with Crippen LogP contribution >= 0.6 is 0 Å². The molecule has 0 saturated heterocycles. The second-order valence-electron chi connectivity index (χ2n) is 4.38. The van der Waals surface area contributed by atoms with Gasteiger partial charge in [0.15, 0.2) is 11.5 Å². The lowest BCUT2D eigenvalue weighted by atomic mass is 10.2. The number of benzene rings is 1. The van der Waals surface area contributed by atoms with E-state index in [1.54, 1.807) is 6.92 Å². The maximum atomic E-state index is 11.3. The molecule has 0 aromatic heterocycles. The largest absolute Gasteiger partial charge is 0.486 e. The Morgan fingerprint density at radius 3 is 2.68 bits per heavy atom. The van der Waals surface area contributed by atoms with Crippen LogP contribution in [0.25, 0.3) is 0 Å². The van der Waals surface area contributed by atoms with Gasteiger partial charge in [-0.2, -0.15) is 0 Å². The molecule has 1 aromatic carbocycles. The standard InChI is InChI=1S/C13H19NO4S/c1-2-19(15,16)9-3-6-14-11-4-5-12-13(10-11)18-8-7-17-12/h4-5,10,14H,2-3,6-9H2,1H3. The molecule has 0 unspecified atom stereocenters. The first kappa shape index (κ1) is 14.0. The predicted molar refractivity (Wildman–Crippen MR) is 74.9 cm³/mol. The first-order chi connectivity index (χ1) is 9.11. The molecule has 0 fully saturated rings. The normalized spacial score (nSPS) is 14.2. The van der Waals surface area contributed by atoms with E-state index in [2.05, 4.69) is 5.32 Å². The molecule has 0 bridgehead atoms. The van der Waals surface area contributed by atoms with E-state index in [0.717, 1.165) is 17.2 Å². The lowest BCUT2D eigenvalue weighted by Gasteiger charge is -2.19. The highest BCUT2D eigenvalue weighted by atomic mass is 32.2. The fraction of sp³-hybridized carbons (Fsp3) is 0.538. The first-order valence-corrected chi connectivity index (χ1v) is 8.27. The number of sulfone groups is 1. The fourth-order valence-corrected chi connectivity index (χ4v) is 2.70. The van der Waals surface area contributed by atoms with Gasteiger partial charge in [0.2, 0.25) is 0 Å². The third-order valence-electron chi connectivity index (χ3n) is 2.94. The van der Waals surface area contributed by atoms with Crippen molar-refractivity contribution in [1.29, 1.82) is 0 Å². The van der Waals surface area contributed by atoms with Gasteiger partial charge in [0.1, 0.15) is 23.1 Å². The van der Waals surface area contributed by atoms with Crippen LogP contribution in [-0.2, 0) is 9.84 Å². The fourth-order valence-electron chi connectivity index (χ4n) is 1.82. The summed E-state index contributed by atoms with van der Waals surface area (Å²) in [5.74, 6) is 1.92. The van der Waals surface area contributed by atoms with Gasteiger partial charge in [0, 0.05) is 24.1 Å². The summed E-state index contributed by atoms with van der Waals surface area (Å²) >= 11 is 0. The molecule has 6 heteroatoms. The summed E-state index contributed by atoms with van der Waals surface area (Å²) in [4.78, 5) is 0. The Labute approximate surface area is 113 Å². The number of hydrogen-bond donors (Lipinski definition) is 1.